The van der Waals surface area contributed by atoms with Crippen molar-refractivity contribution < 1.29 is 23.9 Å². The number of rotatable bonds is 8. The number of nitrogens with zero attached hydrogens (tertiary/aromatic N) is 1. The van der Waals surface area contributed by atoms with Crippen molar-refractivity contribution in [3.05, 3.63) is 11.6 Å². The number of carbonyl (C=O) groups is 2. The third-order valence-corrected chi connectivity index (χ3v) is 2.78. The predicted molar refractivity (Wildman–Crippen MR) is 77.0 cm³/mol. The molecule has 1 atom stereocenters. The zero-order valence-corrected chi connectivity index (χ0v) is 12.7. The summed E-state index contributed by atoms with van der Waals surface area (Å²) < 4.78 is 9.96. The highest BCUT2D eigenvalue weighted by molar-refractivity contribution is 5.87. The molecule has 0 aromatic rings. The zero-order valence-electron chi connectivity index (χ0n) is 12.7. The molecule has 1 fully saturated rings. The quantitative estimate of drug-likeness (QED) is 0.140. The van der Waals surface area contributed by atoms with Crippen molar-refractivity contribution in [3.63, 3.8) is 0 Å². The van der Waals surface area contributed by atoms with Gasteiger partial charge in [-0.3, -0.25) is 4.84 Å². The van der Waals surface area contributed by atoms with Crippen LogP contribution in [-0.2, 0) is 19.1 Å². The Morgan fingerprint density at radius 1 is 1.43 bits per heavy atom. The lowest BCUT2D eigenvalue weighted by atomic mass is 10.2. The highest BCUT2D eigenvalue weighted by Crippen LogP contribution is 2.10. The molecule has 0 bridgehead atoms. The van der Waals surface area contributed by atoms with Crippen LogP contribution in [-0.4, -0.2) is 43.6 Å². The highest BCUT2D eigenvalue weighted by atomic mass is 16.7. The lowest BCUT2D eigenvalue weighted by Crippen LogP contribution is -2.24. The molecule has 1 aliphatic rings. The fraction of sp³-hybridized carbons (Fsp3) is 0.643. The molecule has 7 nitrogen and oxygen atoms in total. The third-order valence-electron chi connectivity index (χ3n) is 2.78. The molecule has 118 valence electrons. The van der Waals surface area contributed by atoms with Gasteiger partial charge in [0.25, 0.3) is 0 Å². The maximum absolute atomic E-state index is 11.5. The number of hydrogen-bond acceptors (Lipinski definition) is 6. The second-order valence-electron chi connectivity index (χ2n) is 4.72. The van der Waals surface area contributed by atoms with E-state index in [4.69, 9.17) is 9.47 Å². The molecular formula is C14H22N2O5. The van der Waals surface area contributed by atoms with Crippen LogP contribution in [0.2, 0.25) is 0 Å². The Bertz CT molecular complexity index is 427. The standard InChI is InChI=1S/C14H22N2O5/c1-4-11(3)16-21-14(18)15-7-5-6-10(2)13(17)20-9-12-8-19-12/h6,12H,4-5,7-9H2,1-3H3,(H,15,18)/b10-6+,16-11+. The minimum Gasteiger partial charge on any atom is -0.459 e. The molecule has 0 saturated carbocycles. The first-order chi connectivity index (χ1) is 10.0. The van der Waals surface area contributed by atoms with Crippen LogP contribution in [0.5, 0.6) is 0 Å². The molecule has 0 aromatic heterocycles. The normalized spacial score (nSPS) is 18.1. The Morgan fingerprint density at radius 3 is 2.76 bits per heavy atom. The van der Waals surface area contributed by atoms with Crippen molar-refractivity contribution in [2.75, 3.05) is 19.8 Å². The van der Waals surface area contributed by atoms with Gasteiger partial charge in [0, 0.05) is 12.1 Å². The van der Waals surface area contributed by atoms with Gasteiger partial charge >= 0.3 is 12.1 Å². The van der Waals surface area contributed by atoms with E-state index in [1.54, 1.807) is 19.9 Å². The molecule has 0 aromatic carbocycles. The van der Waals surface area contributed by atoms with Crippen molar-refractivity contribution in [3.8, 4) is 0 Å². The molecule has 1 saturated heterocycles. The van der Waals surface area contributed by atoms with Crippen LogP contribution in [0.4, 0.5) is 4.79 Å². The van der Waals surface area contributed by atoms with E-state index < -0.39 is 6.09 Å². The third kappa shape index (κ3) is 8.09. The van der Waals surface area contributed by atoms with E-state index in [0.717, 1.165) is 12.1 Å². The zero-order chi connectivity index (χ0) is 15.7. The smallest absolute Gasteiger partial charge is 0.433 e. The minimum atomic E-state index is -0.609. The van der Waals surface area contributed by atoms with E-state index in [9.17, 15) is 9.59 Å². The largest absolute Gasteiger partial charge is 0.459 e. The number of nitrogens with one attached hydrogen (secondary N) is 1. The number of hydrogen-bond donors (Lipinski definition) is 1. The average molecular weight is 298 g/mol. The van der Waals surface area contributed by atoms with Crippen LogP contribution in [0.15, 0.2) is 16.8 Å². The summed E-state index contributed by atoms with van der Waals surface area (Å²) in [5, 5.41) is 6.17. The van der Waals surface area contributed by atoms with Gasteiger partial charge in [-0.2, -0.15) is 0 Å². The van der Waals surface area contributed by atoms with Crippen LogP contribution in [0, 0.1) is 0 Å². The van der Waals surface area contributed by atoms with Gasteiger partial charge in [0.2, 0.25) is 0 Å². The lowest BCUT2D eigenvalue weighted by molar-refractivity contribution is -0.139. The first-order valence-corrected chi connectivity index (χ1v) is 6.96. The SMILES string of the molecule is CC/C(C)=N/OC(=O)NCC/C=C(\C)C(=O)OCC1CO1. The molecule has 0 radical (unpaired) electrons. The Labute approximate surface area is 124 Å². The van der Waals surface area contributed by atoms with Crippen LogP contribution in [0.25, 0.3) is 0 Å². The minimum absolute atomic E-state index is 0.0605. The van der Waals surface area contributed by atoms with Crippen molar-refractivity contribution in [2.24, 2.45) is 5.16 Å². The maximum atomic E-state index is 11.5. The lowest BCUT2D eigenvalue weighted by Gasteiger charge is -2.04. The molecule has 0 spiro atoms. The Morgan fingerprint density at radius 2 is 2.14 bits per heavy atom. The van der Waals surface area contributed by atoms with Crippen LogP contribution in [0.3, 0.4) is 0 Å². The summed E-state index contributed by atoms with van der Waals surface area (Å²) in [4.78, 5) is 27.4. The van der Waals surface area contributed by atoms with Crippen molar-refractivity contribution in [1.29, 1.82) is 0 Å². The fourth-order valence-electron chi connectivity index (χ4n) is 1.21. The number of epoxide rings is 1. The monoisotopic (exact) mass is 298 g/mol. The number of amides is 1. The fourth-order valence-corrected chi connectivity index (χ4v) is 1.21. The molecule has 1 heterocycles. The maximum Gasteiger partial charge on any atom is 0.433 e. The number of carbonyl (C=O) groups excluding carboxylic acids is 2. The van der Waals surface area contributed by atoms with Crippen LogP contribution >= 0.6 is 0 Å². The Hall–Kier alpha value is -1.89. The van der Waals surface area contributed by atoms with E-state index in [-0.39, 0.29) is 12.1 Å². The molecule has 1 rings (SSSR count). The highest BCUT2D eigenvalue weighted by Gasteiger charge is 2.24. The van der Waals surface area contributed by atoms with Gasteiger partial charge in [-0.1, -0.05) is 18.2 Å². The summed E-state index contributed by atoms with van der Waals surface area (Å²) in [7, 11) is 0. The second kappa shape index (κ2) is 9.12. The van der Waals surface area contributed by atoms with Gasteiger partial charge in [-0.25, -0.2) is 9.59 Å². The summed E-state index contributed by atoms with van der Waals surface area (Å²) in [6.45, 7) is 6.67. The summed E-state index contributed by atoms with van der Waals surface area (Å²) >= 11 is 0. The molecule has 1 unspecified atom stereocenters. The predicted octanol–water partition coefficient (Wildman–Crippen LogP) is 1.78. The van der Waals surface area contributed by atoms with Crippen molar-refractivity contribution in [1.82, 2.24) is 5.32 Å². The Balaban J connectivity index is 2.14. The number of oxime groups is 1. The molecule has 1 aliphatic heterocycles. The topological polar surface area (TPSA) is 89.5 Å². The van der Waals surface area contributed by atoms with E-state index in [1.165, 1.54) is 0 Å². The molecule has 21 heavy (non-hydrogen) atoms. The van der Waals surface area contributed by atoms with Gasteiger partial charge in [-0.05, 0) is 26.7 Å². The molecular weight excluding hydrogens is 276 g/mol. The molecule has 0 aliphatic carbocycles. The first kappa shape index (κ1) is 17.2. The van der Waals surface area contributed by atoms with Crippen LogP contribution in [0.1, 0.15) is 33.6 Å². The molecule has 7 heteroatoms. The first-order valence-electron chi connectivity index (χ1n) is 6.96. The number of ether oxygens (including phenoxy) is 2. The van der Waals surface area contributed by atoms with Crippen LogP contribution < -0.4 is 5.32 Å². The average Bonchev–Trinajstić information content (AvgIpc) is 3.30. The molecule has 1 N–H and O–H groups in total. The van der Waals surface area contributed by atoms with Gasteiger partial charge in [-0.15, -0.1) is 0 Å². The number of esters is 1. The van der Waals surface area contributed by atoms with E-state index in [1.807, 2.05) is 6.92 Å². The molecule has 1 amide bonds. The second-order valence-corrected chi connectivity index (χ2v) is 4.72. The van der Waals surface area contributed by atoms with Gasteiger partial charge in [0.15, 0.2) is 0 Å². The Kier molecular flexibility index (Phi) is 7.45. The summed E-state index contributed by atoms with van der Waals surface area (Å²) in [5.74, 6) is -0.365. The van der Waals surface area contributed by atoms with Gasteiger partial charge in [0.1, 0.15) is 12.7 Å². The summed E-state index contributed by atoms with van der Waals surface area (Å²) in [6.07, 6.45) is 2.39. The van der Waals surface area contributed by atoms with Crippen molar-refractivity contribution in [2.45, 2.75) is 39.7 Å². The van der Waals surface area contributed by atoms with E-state index in [2.05, 4.69) is 15.3 Å². The van der Waals surface area contributed by atoms with Gasteiger partial charge < -0.3 is 14.8 Å². The summed E-state index contributed by atoms with van der Waals surface area (Å²) in [5.41, 5.74) is 1.24. The van der Waals surface area contributed by atoms with E-state index >= 15 is 0 Å². The van der Waals surface area contributed by atoms with Gasteiger partial charge in [0.05, 0.1) is 12.3 Å². The van der Waals surface area contributed by atoms with E-state index in [0.29, 0.717) is 31.8 Å². The van der Waals surface area contributed by atoms with Crippen molar-refractivity contribution >= 4 is 17.8 Å². The summed E-state index contributed by atoms with van der Waals surface area (Å²) in [6, 6.07) is 0.